The van der Waals surface area contributed by atoms with Crippen LogP contribution in [-0.2, 0) is 0 Å². The molecule has 3 N–H and O–H groups in total. The number of urea groups is 1. The van der Waals surface area contributed by atoms with Crippen LogP contribution in [0.25, 0.3) is 0 Å². The lowest BCUT2D eigenvalue weighted by Gasteiger charge is -2.39. The van der Waals surface area contributed by atoms with Gasteiger partial charge in [-0.25, -0.2) is 10.2 Å². The predicted molar refractivity (Wildman–Crippen MR) is 68.6 cm³/mol. The summed E-state index contributed by atoms with van der Waals surface area (Å²) in [6.45, 7) is 4.37. The van der Waals surface area contributed by atoms with Gasteiger partial charge in [0, 0.05) is 11.6 Å². The number of nitrogens with zero attached hydrogens (tertiary/aromatic N) is 1. The average Bonchev–Trinajstić information content (AvgIpc) is 2.27. The summed E-state index contributed by atoms with van der Waals surface area (Å²) in [7, 11) is 0. The summed E-state index contributed by atoms with van der Waals surface area (Å²) in [6.07, 6.45) is 5.90. The molecular formula is C13H21N3O. The van der Waals surface area contributed by atoms with E-state index in [0.717, 1.165) is 30.9 Å². The van der Waals surface area contributed by atoms with Crippen LogP contribution in [0.1, 0.15) is 46.0 Å². The number of allylic oxidation sites excluding steroid dienone is 2. The zero-order valence-electron chi connectivity index (χ0n) is 10.6. The van der Waals surface area contributed by atoms with E-state index >= 15 is 0 Å². The first-order valence-electron chi connectivity index (χ1n) is 6.38. The van der Waals surface area contributed by atoms with E-state index in [2.05, 4.69) is 24.4 Å². The zero-order chi connectivity index (χ0) is 12.4. The molecule has 2 amide bonds. The van der Waals surface area contributed by atoms with Crippen molar-refractivity contribution in [1.82, 2.24) is 5.43 Å². The molecule has 94 valence electrons. The normalized spacial score (nSPS) is 30.2. The molecule has 2 fully saturated rings. The highest BCUT2D eigenvalue weighted by molar-refractivity contribution is 5.91. The van der Waals surface area contributed by atoms with Gasteiger partial charge < -0.3 is 5.73 Å². The number of carbonyl (C=O) groups excluding carboxylic acids is 1. The molecule has 0 spiro atoms. The molecule has 0 radical (unpaired) electrons. The van der Waals surface area contributed by atoms with Crippen molar-refractivity contribution in [3.63, 3.8) is 0 Å². The quantitative estimate of drug-likeness (QED) is 0.532. The number of hydrogen-bond donors (Lipinski definition) is 2. The SMILES string of the molecule is CC(C)=C1[C@@H]2CCC[C@H]1/C(=N\NC(N)=O)CC2. The smallest absolute Gasteiger partial charge is 0.332 e. The fraction of sp³-hybridized carbons (Fsp3) is 0.692. The monoisotopic (exact) mass is 235 g/mol. The van der Waals surface area contributed by atoms with Gasteiger partial charge in [-0.15, -0.1) is 0 Å². The molecule has 2 rings (SSSR count). The van der Waals surface area contributed by atoms with E-state index in [-0.39, 0.29) is 0 Å². The molecule has 4 heteroatoms. The molecule has 0 aromatic carbocycles. The third-order valence-electron chi connectivity index (χ3n) is 3.90. The predicted octanol–water partition coefficient (Wildman–Crippen LogP) is 2.56. The Kier molecular flexibility index (Phi) is 3.50. The van der Waals surface area contributed by atoms with Crippen LogP contribution in [0.15, 0.2) is 16.2 Å². The van der Waals surface area contributed by atoms with Gasteiger partial charge in [-0.05, 0) is 45.4 Å². The van der Waals surface area contributed by atoms with E-state index in [4.69, 9.17) is 5.73 Å². The molecule has 0 aromatic heterocycles. The number of fused-ring (bicyclic) bond motifs is 2. The Balaban J connectivity index is 2.24. The lowest BCUT2D eigenvalue weighted by molar-refractivity contribution is 0.249. The van der Waals surface area contributed by atoms with E-state index in [1.165, 1.54) is 18.4 Å². The molecule has 0 aromatic rings. The number of nitrogens with one attached hydrogen (secondary N) is 1. The van der Waals surface area contributed by atoms with Crippen LogP contribution in [0.4, 0.5) is 4.79 Å². The summed E-state index contributed by atoms with van der Waals surface area (Å²) < 4.78 is 0. The molecule has 0 aliphatic heterocycles. The van der Waals surface area contributed by atoms with Gasteiger partial charge in [-0.2, -0.15) is 5.10 Å². The molecule has 2 aliphatic carbocycles. The number of nitrogens with two attached hydrogens (primary N) is 1. The third kappa shape index (κ3) is 2.51. The molecular weight excluding hydrogens is 214 g/mol. The number of primary amides is 1. The van der Waals surface area contributed by atoms with Crippen LogP contribution in [-0.4, -0.2) is 11.7 Å². The molecule has 2 saturated carbocycles. The largest absolute Gasteiger partial charge is 0.350 e. The van der Waals surface area contributed by atoms with E-state index in [0.29, 0.717) is 5.92 Å². The second-order valence-corrected chi connectivity index (χ2v) is 5.25. The Morgan fingerprint density at radius 2 is 2.12 bits per heavy atom. The first-order chi connectivity index (χ1) is 8.09. The second kappa shape index (κ2) is 4.90. The highest BCUT2D eigenvalue weighted by Gasteiger charge is 2.35. The number of amides is 2. The van der Waals surface area contributed by atoms with E-state index in [1.807, 2.05) is 0 Å². The van der Waals surface area contributed by atoms with Crippen LogP contribution in [0, 0.1) is 11.8 Å². The van der Waals surface area contributed by atoms with E-state index < -0.39 is 6.03 Å². The average molecular weight is 235 g/mol. The summed E-state index contributed by atoms with van der Waals surface area (Å²) >= 11 is 0. The third-order valence-corrected chi connectivity index (χ3v) is 3.90. The van der Waals surface area contributed by atoms with Gasteiger partial charge in [0.05, 0.1) is 0 Å². The van der Waals surface area contributed by atoms with Gasteiger partial charge in [-0.3, -0.25) is 0 Å². The Morgan fingerprint density at radius 3 is 2.76 bits per heavy atom. The van der Waals surface area contributed by atoms with Crippen molar-refractivity contribution in [2.75, 3.05) is 0 Å². The highest BCUT2D eigenvalue weighted by atomic mass is 16.2. The molecule has 0 unspecified atom stereocenters. The Labute approximate surface area is 102 Å². The highest BCUT2D eigenvalue weighted by Crippen LogP contribution is 2.44. The van der Waals surface area contributed by atoms with Crippen molar-refractivity contribution in [3.05, 3.63) is 11.1 Å². The van der Waals surface area contributed by atoms with Gasteiger partial charge in [0.1, 0.15) is 0 Å². The molecule has 0 saturated heterocycles. The summed E-state index contributed by atoms with van der Waals surface area (Å²) in [4.78, 5) is 10.7. The van der Waals surface area contributed by atoms with Gasteiger partial charge in [0.25, 0.3) is 0 Å². The minimum absolute atomic E-state index is 0.444. The molecule has 2 aliphatic rings. The number of hydrogen-bond acceptors (Lipinski definition) is 2. The Morgan fingerprint density at radius 1 is 1.35 bits per heavy atom. The zero-order valence-corrected chi connectivity index (χ0v) is 10.6. The topological polar surface area (TPSA) is 67.5 Å². The molecule has 4 nitrogen and oxygen atoms in total. The summed E-state index contributed by atoms with van der Waals surface area (Å²) in [5.74, 6) is 1.19. The van der Waals surface area contributed by atoms with Crippen molar-refractivity contribution < 1.29 is 4.79 Å². The van der Waals surface area contributed by atoms with Crippen molar-refractivity contribution in [2.24, 2.45) is 22.7 Å². The van der Waals surface area contributed by atoms with E-state index in [1.54, 1.807) is 5.57 Å². The fourth-order valence-corrected chi connectivity index (χ4v) is 3.32. The van der Waals surface area contributed by atoms with Gasteiger partial charge in [-0.1, -0.05) is 17.6 Å². The van der Waals surface area contributed by atoms with Crippen molar-refractivity contribution in [3.8, 4) is 0 Å². The maximum Gasteiger partial charge on any atom is 0.332 e. The molecule has 0 heterocycles. The van der Waals surface area contributed by atoms with Crippen LogP contribution in [0.3, 0.4) is 0 Å². The number of carbonyl (C=O) groups is 1. The van der Waals surface area contributed by atoms with E-state index in [9.17, 15) is 4.79 Å². The minimum Gasteiger partial charge on any atom is -0.350 e. The Bertz CT molecular complexity index is 380. The van der Waals surface area contributed by atoms with Gasteiger partial charge in [0.2, 0.25) is 0 Å². The number of hydrazone groups is 1. The van der Waals surface area contributed by atoms with Crippen LogP contribution < -0.4 is 11.2 Å². The van der Waals surface area contributed by atoms with Crippen LogP contribution in [0.5, 0.6) is 0 Å². The second-order valence-electron chi connectivity index (χ2n) is 5.25. The lowest BCUT2D eigenvalue weighted by Crippen LogP contribution is -2.35. The standard InChI is InChI=1S/C13H21N3O/c1-8(2)12-9-4-3-5-10(12)11(7-6-9)15-16-13(14)17/h9-10H,3-7H2,1-2H3,(H3,14,16,17)/b15-11-/t9-,10+/m1/s1. The lowest BCUT2D eigenvalue weighted by atomic mass is 9.66. The molecule has 17 heavy (non-hydrogen) atoms. The first-order valence-corrected chi connectivity index (χ1v) is 6.38. The Hall–Kier alpha value is -1.32. The van der Waals surface area contributed by atoms with Gasteiger partial charge >= 0.3 is 6.03 Å². The maximum atomic E-state index is 10.7. The van der Waals surface area contributed by atoms with Crippen molar-refractivity contribution in [1.29, 1.82) is 0 Å². The molecule has 2 atom stereocenters. The number of rotatable bonds is 1. The first kappa shape index (κ1) is 12.1. The summed E-state index contributed by atoms with van der Waals surface area (Å²) in [5.41, 5.74) is 11.5. The fourth-order valence-electron chi connectivity index (χ4n) is 3.32. The molecule has 2 bridgehead atoms. The maximum absolute atomic E-state index is 10.7. The van der Waals surface area contributed by atoms with Crippen LogP contribution in [0.2, 0.25) is 0 Å². The van der Waals surface area contributed by atoms with Crippen molar-refractivity contribution >= 4 is 11.7 Å². The summed E-state index contributed by atoms with van der Waals surface area (Å²) in [6, 6.07) is -0.575. The summed E-state index contributed by atoms with van der Waals surface area (Å²) in [5, 5.41) is 4.19. The van der Waals surface area contributed by atoms with Crippen LogP contribution >= 0.6 is 0 Å². The van der Waals surface area contributed by atoms with Gasteiger partial charge in [0.15, 0.2) is 0 Å². The van der Waals surface area contributed by atoms with Crippen molar-refractivity contribution in [2.45, 2.75) is 46.0 Å². The minimum atomic E-state index is -0.575.